The summed E-state index contributed by atoms with van der Waals surface area (Å²) in [6, 6.07) is 0.0711. The van der Waals surface area contributed by atoms with Gasteiger partial charge in [-0.3, -0.25) is 9.59 Å². The minimum absolute atomic E-state index is 0.0269. The van der Waals surface area contributed by atoms with E-state index >= 15 is 0 Å². The molecule has 0 aromatic rings. The Kier molecular flexibility index (Phi) is 3.26. The standard InChI is InChI=1S/C13H20N2O2S/c1-18-10-5-4-9(6-10)15-7-11(16)14-12(13(15)17)8-2-3-8/h8-10,12H,2-7H2,1H3,(H,14,16). The lowest BCUT2D eigenvalue weighted by atomic mass is 10.1. The number of carbonyl (C=O) groups is 2. The molecule has 3 fully saturated rings. The maximum atomic E-state index is 12.4. The highest BCUT2D eigenvalue weighted by Gasteiger charge is 2.45. The Labute approximate surface area is 112 Å². The fourth-order valence-corrected chi connectivity index (χ4v) is 3.95. The van der Waals surface area contributed by atoms with E-state index < -0.39 is 0 Å². The summed E-state index contributed by atoms with van der Waals surface area (Å²) in [6.07, 6.45) is 7.58. The third kappa shape index (κ3) is 2.25. The largest absolute Gasteiger partial charge is 0.342 e. The summed E-state index contributed by atoms with van der Waals surface area (Å²) in [4.78, 5) is 26.1. The molecule has 3 atom stereocenters. The molecule has 4 nitrogen and oxygen atoms in total. The maximum Gasteiger partial charge on any atom is 0.246 e. The van der Waals surface area contributed by atoms with E-state index in [1.165, 1.54) is 6.42 Å². The summed E-state index contributed by atoms with van der Waals surface area (Å²) in [5.41, 5.74) is 0. The van der Waals surface area contributed by atoms with Crippen molar-refractivity contribution in [3.8, 4) is 0 Å². The zero-order valence-electron chi connectivity index (χ0n) is 10.7. The molecule has 100 valence electrons. The molecule has 0 spiro atoms. The Morgan fingerprint density at radius 2 is 2.00 bits per heavy atom. The summed E-state index contributed by atoms with van der Waals surface area (Å²) in [7, 11) is 0. The van der Waals surface area contributed by atoms with E-state index in [9.17, 15) is 9.59 Å². The van der Waals surface area contributed by atoms with Crippen LogP contribution in [0.1, 0.15) is 32.1 Å². The van der Waals surface area contributed by atoms with Crippen molar-refractivity contribution in [2.75, 3.05) is 12.8 Å². The molecule has 3 aliphatic rings. The van der Waals surface area contributed by atoms with Gasteiger partial charge in [-0.15, -0.1) is 0 Å². The summed E-state index contributed by atoms with van der Waals surface area (Å²) < 4.78 is 0. The van der Waals surface area contributed by atoms with Gasteiger partial charge in [0, 0.05) is 11.3 Å². The number of nitrogens with one attached hydrogen (secondary N) is 1. The van der Waals surface area contributed by atoms with Crippen LogP contribution in [0, 0.1) is 5.92 Å². The van der Waals surface area contributed by atoms with Crippen LogP contribution in [0.15, 0.2) is 0 Å². The van der Waals surface area contributed by atoms with Crippen LogP contribution in [-0.4, -0.2) is 46.8 Å². The van der Waals surface area contributed by atoms with E-state index in [0.717, 1.165) is 25.7 Å². The topological polar surface area (TPSA) is 49.4 Å². The van der Waals surface area contributed by atoms with Gasteiger partial charge in [-0.25, -0.2) is 0 Å². The molecule has 0 bridgehead atoms. The smallest absolute Gasteiger partial charge is 0.246 e. The van der Waals surface area contributed by atoms with E-state index in [-0.39, 0.29) is 24.4 Å². The van der Waals surface area contributed by atoms with Crippen LogP contribution >= 0.6 is 11.8 Å². The van der Waals surface area contributed by atoms with E-state index in [1.807, 2.05) is 16.7 Å². The summed E-state index contributed by atoms with van der Waals surface area (Å²) >= 11 is 1.88. The monoisotopic (exact) mass is 268 g/mol. The summed E-state index contributed by atoms with van der Waals surface area (Å²) in [5.74, 6) is 0.602. The van der Waals surface area contributed by atoms with Crippen LogP contribution in [0.25, 0.3) is 0 Å². The minimum atomic E-state index is -0.223. The van der Waals surface area contributed by atoms with Crippen LogP contribution in [0.5, 0.6) is 0 Å². The molecule has 2 aliphatic carbocycles. The van der Waals surface area contributed by atoms with Crippen molar-refractivity contribution >= 4 is 23.6 Å². The van der Waals surface area contributed by atoms with Gasteiger partial charge >= 0.3 is 0 Å². The molecule has 0 aromatic carbocycles. The van der Waals surface area contributed by atoms with Gasteiger partial charge < -0.3 is 10.2 Å². The predicted octanol–water partition coefficient (Wildman–Crippen LogP) is 1.01. The molecule has 5 heteroatoms. The molecular formula is C13H20N2O2S. The average molecular weight is 268 g/mol. The van der Waals surface area contributed by atoms with Gasteiger partial charge in [0.1, 0.15) is 6.04 Å². The van der Waals surface area contributed by atoms with Crippen molar-refractivity contribution in [3.05, 3.63) is 0 Å². The maximum absolute atomic E-state index is 12.4. The molecule has 0 aromatic heterocycles. The SMILES string of the molecule is CSC1CCC(N2CC(=O)NC(C3CC3)C2=O)C1. The number of nitrogens with zero attached hydrogens (tertiary/aromatic N) is 1. The van der Waals surface area contributed by atoms with Crippen LogP contribution in [-0.2, 0) is 9.59 Å². The molecule has 2 saturated carbocycles. The quantitative estimate of drug-likeness (QED) is 0.831. The fraction of sp³-hybridized carbons (Fsp3) is 0.846. The Morgan fingerprint density at radius 3 is 2.61 bits per heavy atom. The lowest BCUT2D eigenvalue weighted by Crippen LogP contribution is -2.61. The highest BCUT2D eigenvalue weighted by molar-refractivity contribution is 7.99. The van der Waals surface area contributed by atoms with Crippen LogP contribution < -0.4 is 5.32 Å². The zero-order valence-corrected chi connectivity index (χ0v) is 11.5. The van der Waals surface area contributed by atoms with Crippen LogP contribution in [0.2, 0.25) is 0 Å². The molecule has 3 rings (SSSR count). The molecule has 18 heavy (non-hydrogen) atoms. The lowest BCUT2D eigenvalue weighted by Gasteiger charge is -2.36. The van der Waals surface area contributed by atoms with Crippen molar-refractivity contribution in [2.45, 2.75) is 49.4 Å². The first-order valence-electron chi connectivity index (χ1n) is 6.81. The normalized spacial score (nSPS) is 36.9. The van der Waals surface area contributed by atoms with E-state index in [1.54, 1.807) is 0 Å². The van der Waals surface area contributed by atoms with Crippen molar-refractivity contribution in [3.63, 3.8) is 0 Å². The Bertz CT molecular complexity index is 370. The number of hydrogen-bond donors (Lipinski definition) is 1. The molecule has 1 N–H and O–H groups in total. The second-order valence-corrected chi connectivity index (χ2v) is 6.81. The van der Waals surface area contributed by atoms with Crippen LogP contribution in [0.3, 0.4) is 0 Å². The van der Waals surface area contributed by atoms with Gasteiger partial charge in [-0.05, 0) is 44.3 Å². The average Bonchev–Trinajstić information content (AvgIpc) is 3.09. The fourth-order valence-electron chi connectivity index (χ4n) is 3.16. The van der Waals surface area contributed by atoms with E-state index in [2.05, 4.69) is 11.6 Å². The van der Waals surface area contributed by atoms with Crippen molar-refractivity contribution < 1.29 is 9.59 Å². The second-order valence-electron chi connectivity index (χ2n) is 5.67. The lowest BCUT2D eigenvalue weighted by molar-refractivity contribution is -0.147. The first-order valence-corrected chi connectivity index (χ1v) is 8.10. The summed E-state index contributed by atoms with van der Waals surface area (Å²) in [5, 5.41) is 3.53. The van der Waals surface area contributed by atoms with Crippen molar-refractivity contribution in [1.82, 2.24) is 10.2 Å². The third-order valence-electron chi connectivity index (χ3n) is 4.40. The Hall–Kier alpha value is -0.710. The summed E-state index contributed by atoms with van der Waals surface area (Å²) in [6.45, 7) is 0.272. The highest BCUT2D eigenvalue weighted by Crippen LogP contribution is 2.37. The molecule has 1 saturated heterocycles. The number of carbonyl (C=O) groups excluding carboxylic acids is 2. The molecule has 1 aliphatic heterocycles. The molecule has 2 amide bonds. The second kappa shape index (κ2) is 4.76. The molecule has 1 heterocycles. The zero-order chi connectivity index (χ0) is 12.7. The number of rotatable bonds is 3. The van der Waals surface area contributed by atoms with Gasteiger partial charge in [0.05, 0.1) is 6.54 Å². The minimum Gasteiger partial charge on any atom is -0.342 e. The molecule has 0 radical (unpaired) electrons. The van der Waals surface area contributed by atoms with Gasteiger partial charge in [0.15, 0.2) is 0 Å². The van der Waals surface area contributed by atoms with Gasteiger partial charge in [-0.2, -0.15) is 11.8 Å². The first kappa shape index (κ1) is 12.3. The number of hydrogen-bond acceptors (Lipinski definition) is 3. The van der Waals surface area contributed by atoms with Gasteiger partial charge in [0.2, 0.25) is 11.8 Å². The highest BCUT2D eigenvalue weighted by atomic mass is 32.2. The number of piperazine rings is 1. The number of thioether (sulfide) groups is 1. The van der Waals surface area contributed by atoms with Gasteiger partial charge in [0.25, 0.3) is 0 Å². The number of amides is 2. The van der Waals surface area contributed by atoms with E-state index in [4.69, 9.17) is 0 Å². The van der Waals surface area contributed by atoms with E-state index in [0.29, 0.717) is 17.2 Å². The predicted molar refractivity (Wildman–Crippen MR) is 71.3 cm³/mol. The van der Waals surface area contributed by atoms with Crippen LogP contribution in [0.4, 0.5) is 0 Å². The first-order chi connectivity index (χ1) is 8.69. The Balaban J connectivity index is 1.70. The van der Waals surface area contributed by atoms with Gasteiger partial charge in [-0.1, -0.05) is 0 Å². The van der Waals surface area contributed by atoms with Crippen molar-refractivity contribution in [1.29, 1.82) is 0 Å². The van der Waals surface area contributed by atoms with Crippen molar-refractivity contribution in [2.24, 2.45) is 5.92 Å². The Morgan fingerprint density at radius 1 is 1.22 bits per heavy atom. The molecule has 3 unspecified atom stereocenters. The molecular weight excluding hydrogens is 248 g/mol. The third-order valence-corrected chi connectivity index (χ3v) is 5.50.